The molecule has 1 aliphatic heterocycles. The van der Waals surface area contributed by atoms with Gasteiger partial charge in [-0.05, 0) is 36.9 Å². The zero-order chi connectivity index (χ0) is 22.9. The molecule has 9 nitrogen and oxygen atoms in total. The molecule has 1 unspecified atom stereocenters. The van der Waals surface area contributed by atoms with Gasteiger partial charge in [-0.1, -0.05) is 0 Å². The number of aromatic nitrogens is 5. The minimum atomic E-state index is -0.471. The fourth-order valence-corrected chi connectivity index (χ4v) is 4.63. The summed E-state index contributed by atoms with van der Waals surface area (Å²) in [5.41, 5.74) is 3.38. The molecule has 0 spiro atoms. The Labute approximate surface area is 194 Å². The van der Waals surface area contributed by atoms with E-state index in [1.54, 1.807) is 24.1 Å². The molecule has 0 bridgehead atoms. The lowest BCUT2D eigenvalue weighted by Gasteiger charge is -2.15. The number of benzene rings is 1. The highest BCUT2D eigenvalue weighted by Gasteiger charge is 2.23. The predicted octanol–water partition coefficient (Wildman–Crippen LogP) is 4.29. The normalized spacial score (nSPS) is 15.8. The van der Waals surface area contributed by atoms with Crippen LogP contribution in [0.1, 0.15) is 24.6 Å². The fourth-order valence-electron chi connectivity index (χ4n) is 3.94. The summed E-state index contributed by atoms with van der Waals surface area (Å²) in [7, 11) is 5.10. The average molecular weight is 470 g/mol. The molecule has 0 aliphatic carbocycles. The molecule has 5 rings (SSSR count). The number of anilines is 2. The van der Waals surface area contributed by atoms with Gasteiger partial charge in [-0.3, -0.25) is 9.08 Å². The van der Waals surface area contributed by atoms with Crippen molar-refractivity contribution in [1.29, 1.82) is 0 Å². The van der Waals surface area contributed by atoms with Crippen LogP contribution in [-0.2, 0) is 11.8 Å². The van der Waals surface area contributed by atoms with Crippen LogP contribution < -0.4 is 14.8 Å². The Bertz CT molecular complexity index is 1300. The summed E-state index contributed by atoms with van der Waals surface area (Å²) in [6, 6.07) is 3.30. The minimum absolute atomic E-state index is 0.0579. The van der Waals surface area contributed by atoms with Gasteiger partial charge in [0, 0.05) is 38.7 Å². The molecule has 2 N–H and O–H groups in total. The van der Waals surface area contributed by atoms with Crippen molar-refractivity contribution in [2.75, 3.05) is 30.8 Å². The molecule has 172 valence electrons. The van der Waals surface area contributed by atoms with Gasteiger partial charge in [0.05, 0.1) is 41.5 Å². The quantitative estimate of drug-likeness (QED) is 0.388. The van der Waals surface area contributed by atoms with E-state index in [2.05, 4.69) is 20.1 Å². The molecule has 1 fully saturated rings. The highest BCUT2D eigenvalue weighted by molar-refractivity contribution is 8.00. The lowest BCUT2D eigenvalue weighted by atomic mass is 10.1. The Morgan fingerprint density at radius 3 is 2.85 bits per heavy atom. The zero-order valence-corrected chi connectivity index (χ0v) is 19.3. The third-order valence-corrected chi connectivity index (χ3v) is 6.28. The molecule has 4 aromatic rings. The topological polar surface area (TPSA) is 90.5 Å². The number of nitrogens with one attached hydrogen (secondary N) is 2. The first-order chi connectivity index (χ1) is 16.1. The summed E-state index contributed by atoms with van der Waals surface area (Å²) in [5, 5.41) is 7.27. The van der Waals surface area contributed by atoms with E-state index in [9.17, 15) is 0 Å². The molecule has 3 aromatic heterocycles. The fraction of sp³-hybridized carbons (Fsp3) is 0.318. The van der Waals surface area contributed by atoms with Crippen LogP contribution in [-0.4, -0.2) is 44.9 Å². The van der Waals surface area contributed by atoms with E-state index in [-0.39, 0.29) is 11.9 Å². The van der Waals surface area contributed by atoms with Gasteiger partial charge >= 0.3 is 0 Å². The molecule has 33 heavy (non-hydrogen) atoms. The maximum atomic E-state index is 15.0. The number of aryl methyl sites for hydroxylation is 1. The molecular formula is C22H24FN7O2S. The Kier molecular flexibility index (Phi) is 5.81. The molecule has 0 amide bonds. The molecule has 4 heterocycles. The Morgan fingerprint density at radius 2 is 2.15 bits per heavy atom. The Hall–Kier alpha value is -3.31. The minimum Gasteiger partial charge on any atom is -0.492 e. The van der Waals surface area contributed by atoms with Gasteiger partial charge in [0.25, 0.3) is 0 Å². The average Bonchev–Trinajstić information content (AvgIpc) is 3.57. The van der Waals surface area contributed by atoms with Crippen molar-refractivity contribution in [3.05, 3.63) is 48.4 Å². The van der Waals surface area contributed by atoms with Crippen LogP contribution in [0.15, 0.2) is 41.8 Å². The molecular weight excluding hydrogens is 445 g/mol. The van der Waals surface area contributed by atoms with E-state index < -0.39 is 5.82 Å². The van der Waals surface area contributed by atoms with Crippen molar-refractivity contribution in [3.63, 3.8) is 0 Å². The molecule has 1 aromatic carbocycles. The first kappa shape index (κ1) is 21.5. The van der Waals surface area contributed by atoms with E-state index in [1.807, 2.05) is 29.9 Å². The monoisotopic (exact) mass is 469 g/mol. The molecule has 1 atom stereocenters. The van der Waals surface area contributed by atoms with Gasteiger partial charge in [0.1, 0.15) is 6.10 Å². The third-order valence-electron chi connectivity index (χ3n) is 5.51. The van der Waals surface area contributed by atoms with Crippen LogP contribution in [0.4, 0.5) is 15.9 Å². The van der Waals surface area contributed by atoms with Crippen LogP contribution in [0.2, 0.25) is 0 Å². The van der Waals surface area contributed by atoms with E-state index in [0.29, 0.717) is 22.7 Å². The molecule has 0 radical (unpaired) electrons. The number of nitrogens with zero attached hydrogens (tertiary/aromatic N) is 5. The second kappa shape index (κ2) is 8.91. The first-order valence-electron chi connectivity index (χ1n) is 10.5. The maximum absolute atomic E-state index is 15.0. The Balaban J connectivity index is 1.57. The summed E-state index contributed by atoms with van der Waals surface area (Å²) in [6.07, 6.45) is 9.11. The summed E-state index contributed by atoms with van der Waals surface area (Å²) in [5.74, 6) is 0.316. The van der Waals surface area contributed by atoms with Crippen LogP contribution >= 0.6 is 11.9 Å². The maximum Gasteiger partial charge on any atom is 0.180 e. The standard InChI is InChI=1S/C22H24FN7O2S/c1-24-21-22-25-10-18(30(22)12-17(27-21)19-5-4-6-32-19)13-7-15(23)20(31-3)16(8-13)28-33-14-9-26-29(2)11-14/h7-12,19,28H,4-6H2,1-3H3,(H,24,27). The summed E-state index contributed by atoms with van der Waals surface area (Å²) < 4.78 is 33.0. The summed E-state index contributed by atoms with van der Waals surface area (Å²) in [6.45, 7) is 0.726. The number of halogens is 1. The van der Waals surface area contributed by atoms with Crippen molar-refractivity contribution in [2.45, 2.75) is 23.8 Å². The number of methoxy groups -OCH3 is 1. The second-order valence-electron chi connectivity index (χ2n) is 7.70. The van der Waals surface area contributed by atoms with Gasteiger partial charge in [-0.15, -0.1) is 0 Å². The van der Waals surface area contributed by atoms with Gasteiger partial charge in [-0.25, -0.2) is 14.4 Å². The highest BCUT2D eigenvalue weighted by Crippen LogP contribution is 2.37. The van der Waals surface area contributed by atoms with E-state index in [1.165, 1.54) is 25.1 Å². The molecule has 11 heteroatoms. The van der Waals surface area contributed by atoms with Crippen molar-refractivity contribution in [1.82, 2.24) is 24.1 Å². The van der Waals surface area contributed by atoms with Gasteiger partial charge < -0.3 is 19.5 Å². The van der Waals surface area contributed by atoms with Gasteiger partial charge in [0.2, 0.25) is 0 Å². The van der Waals surface area contributed by atoms with Crippen LogP contribution in [0.3, 0.4) is 0 Å². The van der Waals surface area contributed by atoms with Crippen LogP contribution in [0, 0.1) is 5.82 Å². The zero-order valence-electron chi connectivity index (χ0n) is 18.5. The number of fused-ring (bicyclic) bond motifs is 1. The second-order valence-corrected chi connectivity index (χ2v) is 8.58. The van der Waals surface area contributed by atoms with Crippen LogP contribution in [0.5, 0.6) is 5.75 Å². The van der Waals surface area contributed by atoms with Crippen molar-refractivity contribution in [3.8, 4) is 17.0 Å². The SMILES string of the molecule is CNc1nc(C2CCCO2)cn2c(-c3cc(F)c(OC)c(NSc4cnn(C)c4)c3)cnc12. The third kappa shape index (κ3) is 4.09. The molecule has 1 saturated heterocycles. The van der Waals surface area contributed by atoms with E-state index in [0.717, 1.165) is 35.7 Å². The summed E-state index contributed by atoms with van der Waals surface area (Å²) >= 11 is 1.33. The van der Waals surface area contributed by atoms with Gasteiger partial charge in [-0.2, -0.15) is 5.10 Å². The highest BCUT2D eigenvalue weighted by atomic mass is 32.2. The molecule has 0 saturated carbocycles. The predicted molar refractivity (Wildman–Crippen MR) is 125 cm³/mol. The lowest BCUT2D eigenvalue weighted by Crippen LogP contribution is -2.06. The number of ether oxygens (including phenoxy) is 2. The lowest BCUT2D eigenvalue weighted by molar-refractivity contribution is 0.108. The van der Waals surface area contributed by atoms with Crippen molar-refractivity contribution in [2.24, 2.45) is 7.05 Å². The summed E-state index contributed by atoms with van der Waals surface area (Å²) in [4.78, 5) is 10.1. The van der Waals surface area contributed by atoms with Crippen molar-refractivity contribution >= 4 is 29.1 Å². The van der Waals surface area contributed by atoms with Crippen molar-refractivity contribution < 1.29 is 13.9 Å². The van der Waals surface area contributed by atoms with Gasteiger partial charge in [0.15, 0.2) is 23.0 Å². The Morgan fingerprint density at radius 1 is 1.27 bits per heavy atom. The number of hydrogen-bond donors (Lipinski definition) is 2. The van der Waals surface area contributed by atoms with E-state index >= 15 is 4.39 Å². The largest absolute Gasteiger partial charge is 0.492 e. The van der Waals surface area contributed by atoms with Crippen LogP contribution in [0.25, 0.3) is 16.9 Å². The van der Waals surface area contributed by atoms with E-state index in [4.69, 9.17) is 14.5 Å². The smallest absolute Gasteiger partial charge is 0.180 e. The first-order valence-corrected chi connectivity index (χ1v) is 11.4. The molecule has 1 aliphatic rings. The number of imidazole rings is 1. The number of rotatable bonds is 7. The number of hydrogen-bond acceptors (Lipinski definition) is 8.